The molecule has 1 amide bonds. The molecule has 1 aromatic heterocycles. The minimum Gasteiger partial charge on any atom is -0.336 e. The molecule has 1 aromatic carbocycles. The van der Waals surface area contributed by atoms with Gasteiger partial charge >= 0.3 is 0 Å². The summed E-state index contributed by atoms with van der Waals surface area (Å²) < 4.78 is 1.44. The topological polar surface area (TPSA) is 45.6 Å². The summed E-state index contributed by atoms with van der Waals surface area (Å²) in [7, 11) is 1.66. The number of rotatable bonds is 3. The molecule has 2 aromatic rings. The Labute approximate surface area is 135 Å². The van der Waals surface area contributed by atoms with Crippen LogP contribution < -0.4 is 5.56 Å². The predicted molar refractivity (Wildman–Crippen MR) is 89.3 cm³/mol. The molecule has 1 aliphatic rings. The molecular weight excluding hydrogens is 290 g/mol. The molecule has 3 rings (SSSR count). The highest BCUT2D eigenvalue weighted by Gasteiger charge is 2.23. The number of aromatic nitrogens is 1. The molecule has 1 fully saturated rings. The van der Waals surface area contributed by atoms with E-state index >= 15 is 0 Å². The lowest BCUT2D eigenvalue weighted by atomic mass is 10.2. The maximum Gasteiger partial charge on any atom is 0.263 e. The van der Waals surface area contributed by atoms with E-state index in [0.29, 0.717) is 13.1 Å². The third-order valence-electron chi connectivity index (χ3n) is 4.26. The summed E-state index contributed by atoms with van der Waals surface area (Å²) in [6, 6.07) is 13.7. The third-order valence-corrected chi connectivity index (χ3v) is 4.26. The highest BCUT2D eigenvalue weighted by Crippen LogP contribution is 2.10. The first-order valence-electron chi connectivity index (χ1n) is 7.86. The van der Waals surface area contributed by atoms with E-state index in [1.54, 1.807) is 30.3 Å². The molecule has 2 heterocycles. The average Bonchev–Trinajstić information content (AvgIpc) is 2.58. The fourth-order valence-electron chi connectivity index (χ4n) is 2.88. The number of hydrogen-bond acceptors (Lipinski definition) is 3. The Morgan fingerprint density at radius 3 is 2.39 bits per heavy atom. The van der Waals surface area contributed by atoms with Crippen LogP contribution in [0.3, 0.4) is 0 Å². The van der Waals surface area contributed by atoms with Crippen LogP contribution in [0.25, 0.3) is 0 Å². The van der Waals surface area contributed by atoms with Gasteiger partial charge in [-0.3, -0.25) is 14.5 Å². The van der Waals surface area contributed by atoms with Crippen LogP contribution in [0.1, 0.15) is 15.9 Å². The Hall–Kier alpha value is -2.40. The predicted octanol–water partition coefficient (Wildman–Crippen LogP) is 1.34. The third kappa shape index (κ3) is 3.51. The normalized spacial score (nSPS) is 15.6. The van der Waals surface area contributed by atoms with Crippen LogP contribution in [0.4, 0.5) is 0 Å². The monoisotopic (exact) mass is 311 g/mol. The van der Waals surface area contributed by atoms with Crippen LogP contribution in [-0.4, -0.2) is 46.5 Å². The second-order valence-electron chi connectivity index (χ2n) is 5.89. The summed E-state index contributed by atoms with van der Waals surface area (Å²) in [4.78, 5) is 28.7. The number of pyridine rings is 1. The minimum absolute atomic E-state index is 0.162. The molecule has 0 bridgehead atoms. The molecule has 0 radical (unpaired) electrons. The quantitative estimate of drug-likeness (QED) is 0.859. The SMILES string of the molecule is Cn1cccc(C(=O)N2CCN(Cc3ccccc3)CC2)c1=O. The van der Waals surface area contributed by atoms with Gasteiger partial charge in [0.2, 0.25) is 0 Å². The van der Waals surface area contributed by atoms with Crippen molar-refractivity contribution in [1.82, 2.24) is 14.4 Å². The van der Waals surface area contributed by atoms with Crippen LogP contribution >= 0.6 is 0 Å². The van der Waals surface area contributed by atoms with Crippen molar-refractivity contribution in [2.24, 2.45) is 7.05 Å². The van der Waals surface area contributed by atoms with E-state index in [0.717, 1.165) is 19.6 Å². The van der Waals surface area contributed by atoms with Crippen LogP contribution in [0.2, 0.25) is 0 Å². The van der Waals surface area contributed by atoms with Gasteiger partial charge in [-0.25, -0.2) is 0 Å². The molecule has 0 aliphatic carbocycles. The summed E-state index contributed by atoms with van der Waals surface area (Å²) >= 11 is 0. The summed E-state index contributed by atoms with van der Waals surface area (Å²) in [6.45, 7) is 3.87. The van der Waals surface area contributed by atoms with Gasteiger partial charge in [0.1, 0.15) is 5.56 Å². The van der Waals surface area contributed by atoms with E-state index in [9.17, 15) is 9.59 Å². The van der Waals surface area contributed by atoms with E-state index in [4.69, 9.17) is 0 Å². The van der Waals surface area contributed by atoms with Gasteiger partial charge in [-0.15, -0.1) is 0 Å². The van der Waals surface area contributed by atoms with Gasteiger partial charge in [0.05, 0.1) is 0 Å². The maximum atomic E-state index is 12.5. The molecule has 5 heteroatoms. The summed E-state index contributed by atoms with van der Waals surface area (Å²) in [5, 5.41) is 0. The first-order valence-corrected chi connectivity index (χ1v) is 7.86. The van der Waals surface area contributed by atoms with Gasteiger partial charge in [-0.1, -0.05) is 30.3 Å². The van der Waals surface area contributed by atoms with Crippen LogP contribution in [0.5, 0.6) is 0 Å². The van der Waals surface area contributed by atoms with Gasteiger partial charge in [-0.05, 0) is 17.7 Å². The van der Waals surface area contributed by atoms with Gasteiger partial charge in [0.25, 0.3) is 11.5 Å². The molecule has 1 aliphatic heterocycles. The fourth-order valence-corrected chi connectivity index (χ4v) is 2.88. The summed E-state index contributed by atoms with van der Waals surface area (Å²) in [5.74, 6) is -0.162. The number of carbonyl (C=O) groups excluding carboxylic acids is 1. The van der Waals surface area contributed by atoms with Gasteiger partial charge < -0.3 is 9.47 Å². The Bertz CT molecular complexity index is 731. The number of aryl methyl sites for hydroxylation is 1. The number of carbonyl (C=O) groups is 1. The van der Waals surface area contributed by atoms with Crippen molar-refractivity contribution in [3.05, 3.63) is 70.1 Å². The molecule has 0 N–H and O–H groups in total. The van der Waals surface area contributed by atoms with Crippen molar-refractivity contribution in [2.75, 3.05) is 26.2 Å². The van der Waals surface area contributed by atoms with Crippen LogP contribution in [-0.2, 0) is 13.6 Å². The van der Waals surface area contributed by atoms with Crippen molar-refractivity contribution in [3.8, 4) is 0 Å². The lowest BCUT2D eigenvalue weighted by molar-refractivity contribution is 0.0626. The number of piperazine rings is 1. The van der Waals surface area contributed by atoms with E-state index in [2.05, 4.69) is 17.0 Å². The summed E-state index contributed by atoms with van der Waals surface area (Å²) in [5.41, 5.74) is 1.31. The zero-order valence-corrected chi connectivity index (χ0v) is 13.3. The molecule has 1 saturated heterocycles. The molecule has 0 saturated carbocycles. The van der Waals surface area contributed by atoms with E-state index in [-0.39, 0.29) is 17.0 Å². The van der Waals surface area contributed by atoms with Gasteiger partial charge in [0, 0.05) is 46.0 Å². The van der Waals surface area contributed by atoms with E-state index in [1.807, 2.05) is 18.2 Å². The largest absolute Gasteiger partial charge is 0.336 e. The van der Waals surface area contributed by atoms with Crippen LogP contribution in [0.15, 0.2) is 53.5 Å². The number of hydrogen-bond donors (Lipinski definition) is 0. The molecule has 0 unspecified atom stereocenters. The van der Waals surface area contributed by atoms with E-state index < -0.39 is 0 Å². The zero-order valence-electron chi connectivity index (χ0n) is 13.3. The van der Waals surface area contributed by atoms with Crippen LogP contribution in [0, 0.1) is 0 Å². The van der Waals surface area contributed by atoms with Crippen molar-refractivity contribution in [2.45, 2.75) is 6.54 Å². The maximum absolute atomic E-state index is 12.5. The Balaban J connectivity index is 1.61. The Morgan fingerprint density at radius 2 is 1.70 bits per heavy atom. The molecule has 120 valence electrons. The second kappa shape index (κ2) is 6.79. The number of amides is 1. The smallest absolute Gasteiger partial charge is 0.263 e. The molecule has 5 nitrogen and oxygen atoms in total. The molecule has 0 spiro atoms. The number of nitrogens with zero attached hydrogens (tertiary/aromatic N) is 3. The van der Waals surface area contributed by atoms with Gasteiger partial charge in [0.15, 0.2) is 0 Å². The van der Waals surface area contributed by atoms with Crippen molar-refractivity contribution >= 4 is 5.91 Å². The fraction of sp³-hybridized carbons (Fsp3) is 0.333. The van der Waals surface area contributed by atoms with Crippen molar-refractivity contribution in [1.29, 1.82) is 0 Å². The first-order chi connectivity index (χ1) is 11.1. The second-order valence-corrected chi connectivity index (χ2v) is 5.89. The average molecular weight is 311 g/mol. The Kier molecular flexibility index (Phi) is 4.57. The minimum atomic E-state index is -0.232. The van der Waals surface area contributed by atoms with Crippen molar-refractivity contribution < 1.29 is 4.79 Å². The molecule has 23 heavy (non-hydrogen) atoms. The lowest BCUT2D eigenvalue weighted by Gasteiger charge is -2.34. The standard InChI is InChI=1S/C18H21N3O2/c1-19-9-5-8-16(17(19)22)18(23)21-12-10-20(11-13-21)14-15-6-3-2-4-7-15/h2-9H,10-14H2,1H3. The Morgan fingerprint density at radius 1 is 1.00 bits per heavy atom. The summed E-state index contributed by atoms with van der Waals surface area (Å²) in [6.07, 6.45) is 1.66. The van der Waals surface area contributed by atoms with Gasteiger partial charge in [-0.2, -0.15) is 0 Å². The highest BCUT2D eigenvalue weighted by molar-refractivity contribution is 5.93. The highest BCUT2D eigenvalue weighted by atomic mass is 16.2. The van der Waals surface area contributed by atoms with Crippen molar-refractivity contribution in [3.63, 3.8) is 0 Å². The van der Waals surface area contributed by atoms with E-state index in [1.165, 1.54) is 10.1 Å². The molecule has 0 atom stereocenters. The zero-order chi connectivity index (χ0) is 16.2. The number of benzene rings is 1. The molecular formula is C18H21N3O2. The first kappa shape index (κ1) is 15.5. The lowest BCUT2D eigenvalue weighted by Crippen LogP contribution is -2.49.